The normalized spacial score (nSPS) is 18.1. The first-order valence-corrected chi connectivity index (χ1v) is 9.60. The second-order valence-electron chi connectivity index (χ2n) is 7.40. The van der Waals surface area contributed by atoms with Crippen LogP contribution in [0.3, 0.4) is 0 Å². The van der Waals surface area contributed by atoms with Crippen LogP contribution in [-0.2, 0) is 10.2 Å². The van der Waals surface area contributed by atoms with Gasteiger partial charge in [0.05, 0.1) is 6.61 Å². The molecule has 0 atom stereocenters. The third kappa shape index (κ3) is 6.57. The van der Waals surface area contributed by atoms with Crippen LogP contribution in [-0.4, -0.2) is 63.8 Å². The summed E-state index contributed by atoms with van der Waals surface area (Å²) in [6, 6.07) is 7.71. The van der Waals surface area contributed by atoms with E-state index in [1.165, 1.54) is 18.9 Å². The van der Waals surface area contributed by atoms with E-state index in [9.17, 15) is 4.39 Å². The highest BCUT2D eigenvalue weighted by atomic mass is 127. The molecular formula is C20H32FIN4O. The van der Waals surface area contributed by atoms with E-state index in [1.54, 1.807) is 26.3 Å². The standard InChI is InChI=1S/C20H31FN4O.HI/c1-22-19(23-10-11-25(12-13-26-2)18-6-7-18)24-15-20(8-9-20)16-4-3-5-17(21)14-16;/h3-5,14,18H,6-13,15H2,1-2H3,(H2,22,23,24);1H. The number of halogens is 2. The van der Waals surface area contributed by atoms with Crippen molar-refractivity contribution < 1.29 is 9.13 Å². The lowest BCUT2D eigenvalue weighted by Gasteiger charge is -2.23. The minimum absolute atomic E-state index is 0. The Labute approximate surface area is 179 Å². The van der Waals surface area contributed by atoms with Gasteiger partial charge in [0.25, 0.3) is 0 Å². The number of methoxy groups -OCH3 is 1. The summed E-state index contributed by atoms with van der Waals surface area (Å²) < 4.78 is 18.7. The smallest absolute Gasteiger partial charge is 0.191 e. The molecule has 0 unspecified atom stereocenters. The molecule has 0 aromatic heterocycles. The number of aliphatic imine (C=N–C) groups is 1. The van der Waals surface area contributed by atoms with Gasteiger partial charge in [-0.15, -0.1) is 24.0 Å². The first-order valence-electron chi connectivity index (χ1n) is 9.60. The summed E-state index contributed by atoms with van der Waals surface area (Å²) in [5.41, 5.74) is 1.14. The average Bonchev–Trinajstić information content (AvgIpc) is 3.55. The van der Waals surface area contributed by atoms with E-state index in [4.69, 9.17) is 4.74 Å². The van der Waals surface area contributed by atoms with E-state index in [0.29, 0.717) is 0 Å². The van der Waals surface area contributed by atoms with Crippen molar-refractivity contribution in [3.05, 3.63) is 35.6 Å². The Kier molecular flexibility index (Phi) is 8.75. The molecule has 5 nitrogen and oxygen atoms in total. The fourth-order valence-electron chi connectivity index (χ4n) is 3.45. The molecule has 0 aliphatic heterocycles. The molecule has 152 valence electrons. The predicted molar refractivity (Wildman–Crippen MR) is 119 cm³/mol. The van der Waals surface area contributed by atoms with Crippen LogP contribution in [0.4, 0.5) is 4.39 Å². The van der Waals surface area contributed by atoms with E-state index in [2.05, 4.69) is 20.5 Å². The molecular weight excluding hydrogens is 458 g/mol. The molecule has 0 amide bonds. The van der Waals surface area contributed by atoms with Crippen molar-refractivity contribution in [1.29, 1.82) is 0 Å². The minimum Gasteiger partial charge on any atom is -0.383 e. The van der Waals surface area contributed by atoms with Crippen molar-refractivity contribution in [3.63, 3.8) is 0 Å². The molecule has 2 N–H and O–H groups in total. The molecule has 2 aliphatic rings. The Morgan fingerprint density at radius 1 is 1.30 bits per heavy atom. The predicted octanol–water partition coefficient (Wildman–Crippen LogP) is 2.75. The quantitative estimate of drug-likeness (QED) is 0.301. The van der Waals surface area contributed by atoms with Crippen LogP contribution in [0.5, 0.6) is 0 Å². The zero-order valence-corrected chi connectivity index (χ0v) is 18.7. The number of benzene rings is 1. The molecule has 0 radical (unpaired) electrons. The van der Waals surface area contributed by atoms with Crippen LogP contribution >= 0.6 is 24.0 Å². The molecule has 2 aliphatic carbocycles. The molecule has 1 aromatic carbocycles. The largest absolute Gasteiger partial charge is 0.383 e. The molecule has 0 saturated heterocycles. The van der Waals surface area contributed by atoms with Gasteiger partial charge in [-0.3, -0.25) is 9.89 Å². The number of guanidine groups is 1. The van der Waals surface area contributed by atoms with Gasteiger partial charge in [-0.25, -0.2) is 4.39 Å². The molecule has 0 spiro atoms. The van der Waals surface area contributed by atoms with E-state index < -0.39 is 0 Å². The van der Waals surface area contributed by atoms with Crippen molar-refractivity contribution in [2.75, 3.05) is 46.9 Å². The summed E-state index contributed by atoms with van der Waals surface area (Å²) in [4.78, 5) is 6.81. The van der Waals surface area contributed by atoms with Gasteiger partial charge in [-0.2, -0.15) is 0 Å². The lowest BCUT2D eigenvalue weighted by atomic mass is 9.96. The zero-order valence-electron chi connectivity index (χ0n) is 16.3. The monoisotopic (exact) mass is 490 g/mol. The zero-order chi connectivity index (χ0) is 18.4. The van der Waals surface area contributed by atoms with Gasteiger partial charge < -0.3 is 15.4 Å². The van der Waals surface area contributed by atoms with E-state index in [0.717, 1.165) is 63.2 Å². The van der Waals surface area contributed by atoms with Gasteiger partial charge in [-0.05, 0) is 43.4 Å². The Bertz CT molecular complexity index is 620. The van der Waals surface area contributed by atoms with Crippen molar-refractivity contribution in [1.82, 2.24) is 15.5 Å². The van der Waals surface area contributed by atoms with Crippen molar-refractivity contribution >= 4 is 29.9 Å². The lowest BCUT2D eigenvalue weighted by Crippen LogP contribution is -2.44. The van der Waals surface area contributed by atoms with Gasteiger partial charge in [0, 0.05) is 51.8 Å². The summed E-state index contributed by atoms with van der Waals surface area (Å²) in [7, 11) is 3.54. The number of rotatable bonds is 10. The van der Waals surface area contributed by atoms with E-state index in [1.807, 2.05) is 6.07 Å². The summed E-state index contributed by atoms with van der Waals surface area (Å²) in [6.07, 6.45) is 4.78. The van der Waals surface area contributed by atoms with Crippen LogP contribution in [0.15, 0.2) is 29.3 Å². The molecule has 2 saturated carbocycles. The summed E-state index contributed by atoms with van der Waals surface area (Å²) in [5.74, 6) is 0.655. The van der Waals surface area contributed by atoms with Crippen molar-refractivity contribution in [2.45, 2.75) is 37.1 Å². The van der Waals surface area contributed by atoms with Gasteiger partial charge in [0.2, 0.25) is 0 Å². The molecule has 27 heavy (non-hydrogen) atoms. The first kappa shape index (κ1) is 22.4. The van der Waals surface area contributed by atoms with Crippen molar-refractivity contribution in [2.24, 2.45) is 4.99 Å². The fourth-order valence-corrected chi connectivity index (χ4v) is 3.45. The minimum atomic E-state index is -0.160. The second kappa shape index (κ2) is 10.6. The highest BCUT2D eigenvalue weighted by Crippen LogP contribution is 2.47. The number of hydrogen-bond donors (Lipinski definition) is 2. The number of ether oxygens (including phenoxy) is 1. The Morgan fingerprint density at radius 2 is 2.07 bits per heavy atom. The molecule has 7 heteroatoms. The Hall–Kier alpha value is -0.930. The van der Waals surface area contributed by atoms with Crippen molar-refractivity contribution in [3.8, 4) is 0 Å². The van der Waals surface area contributed by atoms with Gasteiger partial charge in [-0.1, -0.05) is 12.1 Å². The maximum atomic E-state index is 13.5. The highest BCUT2D eigenvalue weighted by Gasteiger charge is 2.44. The van der Waals surface area contributed by atoms with E-state index >= 15 is 0 Å². The second-order valence-corrected chi connectivity index (χ2v) is 7.40. The number of nitrogens with one attached hydrogen (secondary N) is 2. The highest BCUT2D eigenvalue weighted by molar-refractivity contribution is 14.0. The van der Waals surface area contributed by atoms with Crippen LogP contribution in [0.2, 0.25) is 0 Å². The van der Waals surface area contributed by atoms with E-state index in [-0.39, 0.29) is 35.2 Å². The average molecular weight is 490 g/mol. The first-order chi connectivity index (χ1) is 12.7. The third-order valence-corrected chi connectivity index (χ3v) is 5.45. The maximum Gasteiger partial charge on any atom is 0.191 e. The Morgan fingerprint density at radius 3 is 2.67 bits per heavy atom. The van der Waals surface area contributed by atoms with Gasteiger partial charge in [0.1, 0.15) is 5.82 Å². The van der Waals surface area contributed by atoms with Crippen LogP contribution < -0.4 is 10.6 Å². The molecule has 1 aromatic rings. The molecule has 0 heterocycles. The van der Waals surface area contributed by atoms with Crippen LogP contribution in [0, 0.1) is 5.82 Å². The Balaban J connectivity index is 0.00000261. The van der Waals surface area contributed by atoms with Gasteiger partial charge >= 0.3 is 0 Å². The molecule has 3 rings (SSSR count). The van der Waals surface area contributed by atoms with Crippen LogP contribution in [0.25, 0.3) is 0 Å². The third-order valence-electron chi connectivity index (χ3n) is 5.45. The maximum absolute atomic E-state index is 13.5. The SMILES string of the molecule is CN=C(NCCN(CCOC)C1CC1)NCC1(c2cccc(F)c2)CC1.I. The lowest BCUT2D eigenvalue weighted by molar-refractivity contribution is 0.144. The summed E-state index contributed by atoms with van der Waals surface area (Å²) in [5, 5.41) is 6.83. The summed E-state index contributed by atoms with van der Waals surface area (Å²) in [6.45, 7) is 4.39. The number of hydrogen-bond acceptors (Lipinski definition) is 3. The van der Waals surface area contributed by atoms with Crippen LogP contribution in [0.1, 0.15) is 31.2 Å². The summed E-state index contributed by atoms with van der Waals surface area (Å²) >= 11 is 0. The molecule has 2 fully saturated rings. The topological polar surface area (TPSA) is 48.9 Å². The number of nitrogens with zero attached hydrogens (tertiary/aromatic N) is 2. The molecule has 0 bridgehead atoms. The van der Waals surface area contributed by atoms with Gasteiger partial charge in [0.15, 0.2) is 5.96 Å². The fraction of sp³-hybridized carbons (Fsp3) is 0.650.